The molecule has 3 aliphatic rings. The molecule has 1 aromatic heterocycles. The molecule has 3 aromatic carbocycles. The number of amides is 5. The molecule has 61 heavy (non-hydrogen) atoms. The van der Waals surface area contributed by atoms with Crippen molar-refractivity contribution < 1.29 is 27.5 Å². The number of nitrogens with zero attached hydrogens (tertiary/aromatic N) is 8. The van der Waals surface area contributed by atoms with Crippen LogP contribution in [0.4, 0.5) is 32.5 Å². The van der Waals surface area contributed by atoms with Gasteiger partial charge in [0, 0.05) is 122 Å². The first-order valence-corrected chi connectivity index (χ1v) is 22.0. The van der Waals surface area contributed by atoms with Gasteiger partial charge in [0.1, 0.15) is 17.9 Å². The molecule has 322 valence electrons. The molecule has 3 saturated heterocycles. The number of hydrogen-bond acceptors (Lipinski definition) is 12. The van der Waals surface area contributed by atoms with E-state index in [2.05, 4.69) is 47.0 Å². The van der Waals surface area contributed by atoms with Crippen LogP contribution in [0.3, 0.4) is 0 Å². The van der Waals surface area contributed by atoms with Crippen molar-refractivity contribution in [2.75, 3.05) is 115 Å². The molecule has 0 aliphatic carbocycles. The number of ether oxygens (including phenoxy) is 1. The summed E-state index contributed by atoms with van der Waals surface area (Å²) in [5.41, 5.74) is 3.70. The van der Waals surface area contributed by atoms with E-state index in [-0.39, 0.29) is 23.3 Å². The second kappa shape index (κ2) is 19.6. The maximum Gasteiger partial charge on any atom is 0.328 e. The fourth-order valence-corrected chi connectivity index (χ4v) is 8.32. The predicted molar refractivity (Wildman–Crippen MR) is 235 cm³/mol. The van der Waals surface area contributed by atoms with E-state index in [0.717, 1.165) is 74.4 Å². The molecule has 0 unspecified atom stereocenters. The second-order valence-corrected chi connectivity index (χ2v) is 17.2. The van der Waals surface area contributed by atoms with Crippen molar-refractivity contribution in [3.05, 3.63) is 72.6 Å². The van der Waals surface area contributed by atoms with E-state index in [0.29, 0.717) is 62.1 Å². The number of hydrogen-bond donors (Lipinski definition) is 3. The van der Waals surface area contributed by atoms with Crippen molar-refractivity contribution in [3.63, 3.8) is 0 Å². The fourth-order valence-electron chi connectivity index (χ4n) is 7.56. The van der Waals surface area contributed by atoms with Crippen molar-refractivity contribution in [2.45, 2.75) is 24.2 Å². The third-order valence-electron chi connectivity index (χ3n) is 11.1. The molecule has 0 radical (unpaired) electrons. The monoisotopic (exact) mass is 851 g/mol. The van der Waals surface area contributed by atoms with E-state index >= 15 is 0 Å². The average Bonchev–Trinajstić information content (AvgIpc) is 3.27. The number of aromatic nitrogens is 2. The summed E-state index contributed by atoms with van der Waals surface area (Å²) in [6.45, 7) is 8.71. The molecule has 17 nitrogen and oxygen atoms in total. The van der Waals surface area contributed by atoms with Crippen LogP contribution in [-0.4, -0.2) is 156 Å². The van der Waals surface area contributed by atoms with Crippen LogP contribution in [0.25, 0.3) is 10.9 Å². The average molecular weight is 852 g/mol. The van der Waals surface area contributed by atoms with Gasteiger partial charge in [-0.05, 0) is 68.1 Å². The normalized spacial score (nSPS) is 16.5. The maximum atomic E-state index is 13.4. The zero-order valence-electron chi connectivity index (χ0n) is 34.9. The molecule has 5 amide bonds. The zero-order valence-corrected chi connectivity index (χ0v) is 35.7. The van der Waals surface area contributed by atoms with Gasteiger partial charge in [-0.25, -0.2) is 32.7 Å². The highest BCUT2D eigenvalue weighted by Crippen LogP contribution is 2.33. The van der Waals surface area contributed by atoms with Gasteiger partial charge in [0.05, 0.1) is 28.4 Å². The summed E-state index contributed by atoms with van der Waals surface area (Å²) in [5.74, 6) is 7.45. The molecule has 4 heterocycles. The van der Waals surface area contributed by atoms with Crippen LogP contribution >= 0.6 is 0 Å². The van der Waals surface area contributed by atoms with Crippen molar-refractivity contribution in [2.24, 2.45) is 0 Å². The molecule has 4 aromatic rings. The summed E-state index contributed by atoms with van der Waals surface area (Å²) < 4.78 is 33.5. The van der Waals surface area contributed by atoms with E-state index in [1.165, 1.54) is 13.4 Å². The molecule has 0 bridgehead atoms. The number of sulfonamides is 1. The third kappa shape index (κ3) is 10.9. The van der Waals surface area contributed by atoms with E-state index < -0.39 is 16.1 Å². The van der Waals surface area contributed by atoms with Gasteiger partial charge >= 0.3 is 12.1 Å². The number of urea groups is 2. The van der Waals surface area contributed by atoms with Crippen LogP contribution in [0.1, 0.15) is 24.8 Å². The number of rotatable bonds is 13. The number of imide groups is 1. The number of anilines is 4. The number of benzene rings is 3. The van der Waals surface area contributed by atoms with Gasteiger partial charge in [0.25, 0.3) is 0 Å². The fraction of sp³-hybridized carbons (Fsp3) is 0.419. The van der Waals surface area contributed by atoms with Gasteiger partial charge in [0.15, 0.2) is 0 Å². The summed E-state index contributed by atoms with van der Waals surface area (Å²) in [6.07, 6.45) is 3.32. The highest BCUT2D eigenvalue weighted by Gasteiger charge is 2.28. The molecule has 3 N–H and O–H groups in total. The van der Waals surface area contributed by atoms with Crippen LogP contribution in [0.2, 0.25) is 0 Å². The Balaban J connectivity index is 0.798. The Morgan fingerprint density at radius 1 is 0.869 bits per heavy atom. The van der Waals surface area contributed by atoms with Crippen molar-refractivity contribution >= 4 is 61.8 Å². The molecular weight excluding hydrogens is 799 g/mol. The Hall–Kier alpha value is -6.00. The lowest BCUT2D eigenvalue weighted by Crippen LogP contribution is -2.56. The van der Waals surface area contributed by atoms with Gasteiger partial charge in [-0.15, -0.1) is 0 Å². The number of nitrogens with one attached hydrogen (secondary N) is 3. The van der Waals surface area contributed by atoms with Gasteiger partial charge in [-0.1, -0.05) is 11.8 Å². The Bertz CT molecular complexity index is 2390. The van der Waals surface area contributed by atoms with Crippen LogP contribution in [0.5, 0.6) is 5.75 Å². The largest absolute Gasteiger partial charge is 0.493 e. The third-order valence-corrected chi connectivity index (χ3v) is 12.5. The summed E-state index contributed by atoms with van der Waals surface area (Å²) in [4.78, 5) is 58.0. The summed E-state index contributed by atoms with van der Waals surface area (Å²) in [6, 6.07) is 17.8. The molecule has 0 atom stereocenters. The predicted octanol–water partition coefficient (Wildman–Crippen LogP) is 3.36. The van der Waals surface area contributed by atoms with E-state index in [4.69, 9.17) is 4.74 Å². The molecular formula is C43H53N11O6S. The van der Waals surface area contributed by atoms with Crippen LogP contribution in [-0.2, 0) is 14.8 Å². The molecule has 3 fully saturated rings. The quantitative estimate of drug-likeness (QED) is 0.132. The SMILES string of the molecule is CNS(=O)(=O)c1ccc(N(C)C)c(Nc2ncnc3cc(OCCCN4CCN(C(=O)N5CCN(CCC#Cc6ccc(N7CCC(=O)NC7=O)cc6)CC5)CC4)ccc23)c1. The molecule has 7 rings (SSSR count). The van der Waals surface area contributed by atoms with Crippen LogP contribution < -0.4 is 29.9 Å². The minimum absolute atomic E-state index is 0.117. The second-order valence-electron chi connectivity index (χ2n) is 15.3. The number of carbonyl (C=O) groups excluding carboxylic acids is 3. The van der Waals surface area contributed by atoms with Crippen molar-refractivity contribution in [1.29, 1.82) is 0 Å². The van der Waals surface area contributed by atoms with Crippen LogP contribution in [0.15, 0.2) is 71.9 Å². The maximum absolute atomic E-state index is 13.4. The lowest BCUT2D eigenvalue weighted by molar-refractivity contribution is -0.120. The number of fused-ring (bicyclic) bond motifs is 1. The van der Waals surface area contributed by atoms with Gasteiger partial charge in [-0.3, -0.25) is 24.8 Å². The Labute approximate surface area is 357 Å². The highest BCUT2D eigenvalue weighted by molar-refractivity contribution is 7.89. The van der Waals surface area contributed by atoms with Crippen molar-refractivity contribution in [1.82, 2.24) is 39.6 Å². The zero-order chi connectivity index (χ0) is 42.9. The minimum Gasteiger partial charge on any atom is -0.493 e. The topological polar surface area (TPSA) is 176 Å². The minimum atomic E-state index is -3.64. The van der Waals surface area contributed by atoms with Crippen molar-refractivity contribution in [3.8, 4) is 17.6 Å². The number of piperazine rings is 2. The van der Waals surface area contributed by atoms with E-state index in [9.17, 15) is 22.8 Å². The number of carbonyl (C=O) groups is 3. The first-order chi connectivity index (χ1) is 29.5. The van der Waals surface area contributed by atoms with Gasteiger partial charge in [-0.2, -0.15) is 0 Å². The Morgan fingerprint density at radius 2 is 1.57 bits per heavy atom. The first kappa shape index (κ1) is 43.1. The highest BCUT2D eigenvalue weighted by atomic mass is 32.2. The molecule has 3 aliphatic heterocycles. The van der Waals surface area contributed by atoms with E-state index in [1.807, 2.05) is 71.3 Å². The van der Waals surface area contributed by atoms with Gasteiger partial charge in [0.2, 0.25) is 15.9 Å². The summed E-state index contributed by atoms with van der Waals surface area (Å²) in [5, 5.41) is 6.43. The van der Waals surface area contributed by atoms with Gasteiger partial charge < -0.3 is 24.8 Å². The smallest absolute Gasteiger partial charge is 0.328 e. The lowest BCUT2D eigenvalue weighted by atomic mass is 10.1. The summed E-state index contributed by atoms with van der Waals surface area (Å²) in [7, 11) is 1.52. The lowest BCUT2D eigenvalue weighted by Gasteiger charge is -2.40. The van der Waals surface area contributed by atoms with E-state index in [1.54, 1.807) is 23.1 Å². The summed E-state index contributed by atoms with van der Waals surface area (Å²) >= 11 is 0. The molecule has 18 heteroatoms. The molecule has 0 spiro atoms. The Kier molecular flexibility index (Phi) is 13.8. The first-order valence-electron chi connectivity index (χ1n) is 20.6. The van der Waals surface area contributed by atoms with Crippen LogP contribution in [0, 0.1) is 11.8 Å². The standard InChI is InChI=1S/C43H53N11O6S/c1-44-61(58,59)35-13-15-39(49(2)3)38(30-35)47-41-36-14-12-34(29-37(36)45-31-46-41)60-28-6-18-51-22-26-53(27-23-51)43(57)52-24-20-50(21-25-52)17-5-4-7-32-8-10-33(11-9-32)54-19-16-40(55)48-42(54)56/h8-15,29-31,44H,5-6,16-28H2,1-3H3,(H,45,46,47)(H,48,55,56). The Morgan fingerprint density at radius 3 is 2.25 bits per heavy atom. The molecule has 0 saturated carbocycles.